The van der Waals surface area contributed by atoms with Gasteiger partial charge in [0.2, 0.25) is 0 Å². The predicted octanol–water partition coefficient (Wildman–Crippen LogP) is -0.215. The van der Waals surface area contributed by atoms with Gasteiger partial charge in [-0.25, -0.2) is 0 Å². The molecule has 0 heterocycles. The van der Waals surface area contributed by atoms with Crippen molar-refractivity contribution in [2.45, 2.75) is 0 Å². The number of aliphatic hydroxyl groups is 1. The summed E-state index contributed by atoms with van der Waals surface area (Å²) in [5.74, 6) is 0. The summed E-state index contributed by atoms with van der Waals surface area (Å²) in [5.41, 5.74) is 0. The molecule has 0 fully saturated rings. The lowest BCUT2D eigenvalue weighted by molar-refractivity contribution is 0.108. The Morgan fingerprint density at radius 2 is 2.20 bits per heavy atom. The minimum atomic E-state index is -3.54. The monoisotopic (exact) mass is 170 g/mol. The third-order valence-electron chi connectivity index (χ3n) is 0.775. The fourth-order valence-corrected chi connectivity index (χ4v) is 0.762. The highest BCUT2D eigenvalue weighted by atomic mass is 31.2. The molecule has 10 heavy (non-hydrogen) atoms. The van der Waals surface area contributed by atoms with Crippen molar-refractivity contribution in [3.8, 4) is 0 Å². The van der Waals surface area contributed by atoms with Crippen molar-refractivity contribution in [1.29, 1.82) is 0 Å². The molecule has 0 aromatic heterocycles. The Hall–Kier alpha value is 0.0700. The molecule has 0 bridgehead atoms. The zero-order valence-corrected chi connectivity index (χ0v) is 6.58. The standard InChI is InChI=1S/C4H11O5P/c1-8-10(6,7)4-9-3-2-5/h5H,2-4H2,1H3,(H,6,7). The molecule has 5 nitrogen and oxygen atoms in total. The Balaban J connectivity index is 3.38. The molecule has 0 spiro atoms. The number of rotatable bonds is 5. The number of aliphatic hydroxyl groups excluding tert-OH is 1. The first-order chi connectivity index (χ1) is 4.62. The van der Waals surface area contributed by atoms with E-state index in [2.05, 4.69) is 9.26 Å². The smallest absolute Gasteiger partial charge is 0.353 e. The zero-order valence-electron chi connectivity index (χ0n) is 5.69. The van der Waals surface area contributed by atoms with E-state index in [-0.39, 0.29) is 19.6 Å². The van der Waals surface area contributed by atoms with E-state index in [0.29, 0.717) is 0 Å². The van der Waals surface area contributed by atoms with Gasteiger partial charge in [-0.15, -0.1) is 0 Å². The first kappa shape index (κ1) is 10.1. The van der Waals surface area contributed by atoms with Crippen LogP contribution in [0.25, 0.3) is 0 Å². The van der Waals surface area contributed by atoms with Crippen LogP contribution in [-0.2, 0) is 13.8 Å². The Morgan fingerprint density at radius 3 is 2.60 bits per heavy atom. The van der Waals surface area contributed by atoms with Crippen molar-refractivity contribution in [3.63, 3.8) is 0 Å². The van der Waals surface area contributed by atoms with Gasteiger partial charge in [0.25, 0.3) is 0 Å². The van der Waals surface area contributed by atoms with Crippen LogP contribution in [0.4, 0.5) is 0 Å². The van der Waals surface area contributed by atoms with Crippen LogP contribution in [0.1, 0.15) is 0 Å². The number of hydrogen-bond acceptors (Lipinski definition) is 4. The fourth-order valence-electron chi connectivity index (χ4n) is 0.297. The summed E-state index contributed by atoms with van der Waals surface area (Å²) < 4.78 is 19.3. The van der Waals surface area contributed by atoms with Crippen LogP contribution in [0, 0.1) is 0 Å². The van der Waals surface area contributed by atoms with Crippen molar-refractivity contribution in [3.05, 3.63) is 0 Å². The molecule has 0 amide bonds. The number of ether oxygens (including phenoxy) is 1. The van der Waals surface area contributed by atoms with Gasteiger partial charge >= 0.3 is 7.60 Å². The lowest BCUT2D eigenvalue weighted by Crippen LogP contribution is -2.01. The van der Waals surface area contributed by atoms with Crippen molar-refractivity contribution >= 4 is 7.60 Å². The van der Waals surface area contributed by atoms with E-state index in [0.717, 1.165) is 7.11 Å². The van der Waals surface area contributed by atoms with Crippen LogP contribution in [0.5, 0.6) is 0 Å². The average molecular weight is 170 g/mol. The third-order valence-corrected chi connectivity index (χ3v) is 1.85. The van der Waals surface area contributed by atoms with Gasteiger partial charge in [0.05, 0.1) is 13.2 Å². The molecule has 2 N–H and O–H groups in total. The Kier molecular flexibility index (Phi) is 4.85. The lowest BCUT2D eigenvalue weighted by atomic mass is 10.8. The molecule has 0 radical (unpaired) electrons. The van der Waals surface area contributed by atoms with Gasteiger partial charge in [0.1, 0.15) is 6.35 Å². The van der Waals surface area contributed by atoms with E-state index in [1.807, 2.05) is 0 Å². The van der Waals surface area contributed by atoms with E-state index in [4.69, 9.17) is 10.00 Å². The molecule has 0 aliphatic heterocycles. The van der Waals surface area contributed by atoms with Gasteiger partial charge in [0.15, 0.2) is 0 Å². The zero-order chi connectivity index (χ0) is 8.04. The molecule has 0 aromatic rings. The molecule has 0 rings (SSSR count). The molecule has 0 saturated heterocycles. The normalized spacial score (nSPS) is 16.7. The van der Waals surface area contributed by atoms with Crippen molar-refractivity contribution < 1.29 is 23.8 Å². The fraction of sp³-hybridized carbons (Fsp3) is 1.00. The van der Waals surface area contributed by atoms with Gasteiger partial charge in [-0.1, -0.05) is 0 Å². The van der Waals surface area contributed by atoms with Crippen LogP contribution < -0.4 is 0 Å². The van der Waals surface area contributed by atoms with Crippen LogP contribution in [0.15, 0.2) is 0 Å². The SMILES string of the molecule is COP(=O)(O)COCCO. The predicted molar refractivity (Wildman–Crippen MR) is 34.7 cm³/mol. The Morgan fingerprint density at radius 1 is 1.60 bits per heavy atom. The molecule has 0 aliphatic rings. The highest BCUT2D eigenvalue weighted by Gasteiger charge is 2.16. The second-order valence-electron chi connectivity index (χ2n) is 1.58. The van der Waals surface area contributed by atoms with Crippen molar-refractivity contribution in [1.82, 2.24) is 0 Å². The quantitative estimate of drug-likeness (QED) is 0.440. The van der Waals surface area contributed by atoms with Gasteiger partial charge in [-0.2, -0.15) is 0 Å². The summed E-state index contributed by atoms with van der Waals surface area (Å²) in [6, 6.07) is 0. The Bertz CT molecular complexity index is 125. The molecular formula is C4H11O5P. The van der Waals surface area contributed by atoms with Crippen LogP contribution in [-0.4, -0.2) is 36.7 Å². The first-order valence-corrected chi connectivity index (χ1v) is 4.45. The second-order valence-corrected chi connectivity index (χ2v) is 3.48. The molecule has 0 aromatic carbocycles. The molecule has 0 saturated carbocycles. The number of hydrogen-bond donors (Lipinski definition) is 2. The second kappa shape index (κ2) is 4.82. The maximum Gasteiger partial charge on any atom is 0.353 e. The van der Waals surface area contributed by atoms with Gasteiger partial charge in [0, 0.05) is 7.11 Å². The third kappa shape index (κ3) is 4.90. The van der Waals surface area contributed by atoms with Crippen LogP contribution in [0.3, 0.4) is 0 Å². The summed E-state index contributed by atoms with van der Waals surface area (Å²) in [7, 11) is -2.41. The summed E-state index contributed by atoms with van der Waals surface area (Å²) in [6.07, 6.45) is -0.371. The summed E-state index contributed by atoms with van der Waals surface area (Å²) in [4.78, 5) is 8.68. The molecule has 62 valence electrons. The summed E-state index contributed by atoms with van der Waals surface area (Å²) in [5, 5.41) is 8.20. The van der Waals surface area contributed by atoms with Gasteiger partial charge < -0.3 is 19.3 Å². The maximum atomic E-state index is 10.6. The van der Waals surface area contributed by atoms with E-state index >= 15 is 0 Å². The van der Waals surface area contributed by atoms with Gasteiger partial charge in [-0.05, 0) is 0 Å². The highest BCUT2D eigenvalue weighted by Crippen LogP contribution is 2.40. The van der Waals surface area contributed by atoms with E-state index in [9.17, 15) is 4.57 Å². The van der Waals surface area contributed by atoms with E-state index in [1.54, 1.807) is 0 Å². The van der Waals surface area contributed by atoms with Gasteiger partial charge in [-0.3, -0.25) is 4.57 Å². The molecule has 0 aliphatic carbocycles. The molecule has 1 unspecified atom stereocenters. The Labute approximate surface area is 59.1 Å². The molecule has 6 heteroatoms. The minimum Gasteiger partial charge on any atom is -0.394 e. The average Bonchev–Trinajstić information content (AvgIpc) is 1.89. The van der Waals surface area contributed by atoms with Crippen molar-refractivity contribution in [2.75, 3.05) is 26.7 Å². The maximum absolute atomic E-state index is 10.6. The summed E-state index contributed by atoms with van der Waals surface area (Å²) in [6.45, 7) is -0.113. The molecule has 1 atom stereocenters. The topological polar surface area (TPSA) is 76.0 Å². The van der Waals surface area contributed by atoms with E-state index in [1.165, 1.54) is 0 Å². The highest BCUT2D eigenvalue weighted by molar-refractivity contribution is 7.52. The summed E-state index contributed by atoms with van der Waals surface area (Å²) >= 11 is 0. The van der Waals surface area contributed by atoms with Crippen LogP contribution in [0.2, 0.25) is 0 Å². The van der Waals surface area contributed by atoms with Crippen molar-refractivity contribution in [2.24, 2.45) is 0 Å². The largest absolute Gasteiger partial charge is 0.394 e. The first-order valence-electron chi connectivity index (χ1n) is 2.68. The van der Waals surface area contributed by atoms with E-state index < -0.39 is 7.60 Å². The minimum absolute atomic E-state index is 0.0495. The lowest BCUT2D eigenvalue weighted by Gasteiger charge is -2.07. The molecular weight excluding hydrogens is 159 g/mol. The van der Waals surface area contributed by atoms with Crippen LogP contribution >= 0.6 is 7.60 Å².